The molecule has 0 aromatic heterocycles. The van der Waals surface area contributed by atoms with Crippen LogP contribution in [-0.4, -0.2) is 19.8 Å². The number of unbranched alkanes of at least 4 members (excludes halogenated alkanes) is 4. The molecule has 0 aliphatic heterocycles. The van der Waals surface area contributed by atoms with Gasteiger partial charge in [-0.1, -0.05) is 51.2 Å². The molecule has 0 aliphatic carbocycles. The van der Waals surface area contributed by atoms with Gasteiger partial charge in [0.15, 0.2) is 9.84 Å². The molecule has 4 heteroatoms. The first-order valence-electron chi connectivity index (χ1n) is 6.93. The van der Waals surface area contributed by atoms with Gasteiger partial charge in [0.05, 0.1) is 11.0 Å². The Hall–Kier alpha value is -0.870. The van der Waals surface area contributed by atoms with Crippen molar-refractivity contribution in [3.8, 4) is 0 Å². The lowest BCUT2D eigenvalue weighted by Gasteiger charge is -2.11. The molecule has 108 valence electrons. The van der Waals surface area contributed by atoms with E-state index in [0.29, 0.717) is 4.90 Å². The zero-order chi connectivity index (χ0) is 14.3. The summed E-state index contributed by atoms with van der Waals surface area (Å²) in [6.45, 7) is 2.18. The van der Waals surface area contributed by atoms with E-state index >= 15 is 0 Å². The standard InChI is InChI=1S/C15H24O3S/c1-3-4-5-6-7-8-15(16)13-9-11-14(12-10-13)19(2,17)18/h9-12,15-16H,3-8H2,1-2H3. The van der Waals surface area contributed by atoms with E-state index in [1.54, 1.807) is 24.3 Å². The number of sulfone groups is 1. The van der Waals surface area contributed by atoms with Crippen LogP contribution in [0.1, 0.15) is 57.1 Å². The summed E-state index contributed by atoms with van der Waals surface area (Å²) in [6.07, 6.45) is 7.27. The molecule has 1 N–H and O–H groups in total. The Kier molecular flexibility index (Phi) is 6.52. The monoisotopic (exact) mass is 284 g/mol. The van der Waals surface area contributed by atoms with Crippen molar-refractivity contribution in [2.45, 2.75) is 56.4 Å². The average Bonchev–Trinajstić information content (AvgIpc) is 2.37. The van der Waals surface area contributed by atoms with Gasteiger partial charge >= 0.3 is 0 Å². The summed E-state index contributed by atoms with van der Waals surface area (Å²) >= 11 is 0. The van der Waals surface area contributed by atoms with Crippen molar-refractivity contribution in [1.82, 2.24) is 0 Å². The summed E-state index contributed by atoms with van der Waals surface area (Å²) in [5.41, 5.74) is 0.794. The zero-order valence-corrected chi connectivity index (χ0v) is 12.6. The Morgan fingerprint density at radius 2 is 1.63 bits per heavy atom. The number of aliphatic hydroxyl groups is 1. The Bertz CT molecular complexity index is 463. The van der Waals surface area contributed by atoms with Crippen LogP contribution in [0.3, 0.4) is 0 Å². The molecule has 1 aromatic carbocycles. The lowest BCUT2D eigenvalue weighted by molar-refractivity contribution is 0.163. The quantitative estimate of drug-likeness (QED) is 0.743. The Morgan fingerprint density at radius 1 is 1.05 bits per heavy atom. The van der Waals surface area contributed by atoms with E-state index in [2.05, 4.69) is 6.92 Å². The van der Waals surface area contributed by atoms with E-state index in [4.69, 9.17) is 0 Å². The number of rotatable bonds is 8. The van der Waals surface area contributed by atoms with Crippen LogP contribution in [0.5, 0.6) is 0 Å². The van der Waals surface area contributed by atoms with Crippen molar-refractivity contribution in [1.29, 1.82) is 0 Å². The highest BCUT2D eigenvalue weighted by Gasteiger charge is 2.10. The number of hydrogen-bond acceptors (Lipinski definition) is 3. The molecule has 0 fully saturated rings. The normalized spacial score (nSPS) is 13.4. The fourth-order valence-electron chi connectivity index (χ4n) is 2.05. The number of aliphatic hydroxyl groups excluding tert-OH is 1. The van der Waals surface area contributed by atoms with Crippen LogP contribution in [0.2, 0.25) is 0 Å². The third kappa shape index (κ3) is 5.74. The largest absolute Gasteiger partial charge is 0.388 e. The molecule has 1 unspecified atom stereocenters. The van der Waals surface area contributed by atoms with E-state index < -0.39 is 15.9 Å². The fraction of sp³-hybridized carbons (Fsp3) is 0.600. The second-order valence-corrected chi connectivity index (χ2v) is 7.08. The molecular formula is C15H24O3S. The van der Waals surface area contributed by atoms with Gasteiger partial charge in [-0.3, -0.25) is 0 Å². The van der Waals surface area contributed by atoms with Crippen LogP contribution in [0.4, 0.5) is 0 Å². The lowest BCUT2D eigenvalue weighted by Crippen LogP contribution is -2.00. The van der Waals surface area contributed by atoms with Gasteiger partial charge in [0.25, 0.3) is 0 Å². The molecule has 1 aromatic rings. The van der Waals surface area contributed by atoms with Crippen LogP contribution in [0.25, 0.3) is 0 Å². The average molecular weight is 284 g/mol. The van der Waals surface area contributed by atoms with E-state index in [1.807, 2.05) is 0 Å². The highest BCUT2D eigenvalue weighted by Crippen LogP contribution is 2.21. The summed E-state index contributed by atoms with van der Waals surface area (Å²) in [5, 5.41) is 10.0. The van der Waals surface area contributed by atoms with Gasteiger partial charge < -0.3 is 5.11 Å². The molecule has 0 spiro atoms. The Balaban J connectivity index is 2.47. The maximum absolute atomic E-state index is 11.3. The minimum absolute atomic E-state index is 0.298. The van der Waals surface area contributed by atoms with Crippen LogP contribution in [0, 0.1) is 0 Å². The zero-order valence-electron chi connectivity index (χ0n) is 11.8. The maximum Gasteiger partial charge on any atom is 0.175 e. The van der Waals surface area contributed by atoms with Crippen molar-refractivity contribution in [3.63, 3.8) is 0 Å². The first-order chi connectivity index (χ1) is 8.95. The molecule has 1 atom stereocenters. The summed E-state index contributed by atoms with van der Waals surface area (Å²) in [5.74, 6) is 0. The molecule has 0 saturated carbocycles. The highest BCUT2D eigenvalue weighted by molar-refractivity contribution is 7.90. The third-order valence-electron chi connectivity index (χ3n) is 3.27. The van der Waals surface area contributed by atoms with Crippen LogP contribution in [-0.2, 0) is 9.84 Å². The number of benzene rings is 1. The van der Waals surface area contributed by atoms with E-state index in [0.717, 1.165) is 24.8 Å². The van der Waals surface area contributed by atoms with Gasteiger partial charge in [-0.15, -0.1) is 0 Å². The molecule has 0 aliphatic rings. The molecule has 1 rings (SSSR count). The summed E-state index contributed by atoms with van der Waals surface area (Å²) < 4.78 is 22.6. The molecule has 0 radical (unpaired) electrons. The summed E-state index contributed by atoms with van der Waals surface area (Å²) in [4.78, 5) is 0.298. The summed E-state index contributed by atoms with van der Waals surface area (Å²) in [7, 11) is -3.15. The van der Waals surface area contributed by atoms with Crippen molar-refractivity contribution in [2.75, 3.05) is 6.26 Å². The van der Waals surface area contributed by atoms with Crippen LogP contribution >= 0.6 is 0 Å². The van der Waals surface area contributed by atoms with E-state index in [9.17, 15) is 13.5 Å². The van der Waals surface area contributed by atoms with Gasteiger partial charge in [0.1, 0.15) is 0 Å². The smallest absolute Gasteiger partial charge is 0.175 e. The predicted octanol–water partition coefficient (Wildman–Crippen LogP) is 3.48. The Labute approximate surface area is 116 Å². The van der Waals surface area contributed by atoms with Crippen LogP contribution < -0.4 is 0 Å². The minimum atomic E-state index is -3.15. The van der Waals surface area contributed by atoms with Crippen molar-refractivity contribution >= 4 is 9.84 Å². The fourth-order valence-corrected chi connectivity index (χ4v) is 2.68. The van der Waals surface area contributed by atoms with Crippen molar-refractivity contribution in [2.24, 2.45) is 0 Å². The van der Waals surface area contributed by atoms with Gasteiger partial charge in [-0.2, -0.15) is 0 Å². The maximum atomic E-state index is 11.3. The first kappa shape index (κ1) is 16.2. The lowest BCUT2D eigenvalue weighted by atomic mass is 10.0. The third-order valence-corrected chi connectivity index (χ3v) is 4.40. The Morgan fingerprint density at radius 3 is 2.16 bits per heavy atom. The SMILES string of the molecule is CCCCCCCC(O)c1ccc(S(C)(=O)=O)cc1. The molecule has 0 heterocycles. The van der Waals surface area contributed by atoms with E-state index in [1.165, 1.54) is 25.5 Å². The topological polar surface area (TPSA) is 54.4 Å². The van der Waals surface area contributed by atoms with Gasteiger partial charge in [-0.05, 0) is 24.1 Å². The minimum Gasteiger partial charge on any atom is -0.388 e. The number of hydrogen-bond donors (Lipinski definition) is 1. The van der Waals surface area contributed by atoms with Crippen molar-refractivity contribution in [3.05, 3.63) is 29.8 Å². The van der Waals surface area contributed by atoms with Gasteiger partial charge in [0.2, 0.25) is 0 Å². The molecule has 0 amide bonds. The van der Waals surface area contributed by atoms with E-state index in [-0.39, 0.29) is 0 Å². The molecule has 0 saturated heterocycles. The predicted molar refractivity (Wildman–Crippen MR) is 77.9 cm³/mol. The second-order valence-electron chi connectivity index (χ2n) is 5.06. The van der Waals surface area contributed by atoms with Crippen LogP contribution in [0.15, 0.2) is 29.2 Å². The molecule has 19 heavy (non-hydrogen) atoms. The summed E-state index contributed by atoms with van der Waals surface area (Å²) in [6, 6.07) is 6.52. The second kappa shape index (κ2) is 7.65. The molecule has 3 nitrogen and oxygen atoms in total. The van der Waals surface area contributed by atoms with Crippen molar-refractivity contribution < 1.29 is 13.5 Å². The van der Waals surface area contributed by atoms with Gasteiger partial charge in [-0.25, -0.2) is 8.42 Å². The highest BCUT2D eigenvalue weighted by atomic mass is 32.2. The van der Waals surface area contributed by atoms with Gasteiger partial charge in [0, 0.05) is 6.26 Å². The molecular weight excluding hydrogens is 260 g/mol. The first-order valence-corrected chi connectivity index (χ1v) is 8.82. The molecule has 0 bridgehead atoms.